The van der Waals surface area contributed by atoms with Crippen molar-refractivity contribution in [3.8, 4) is 0 Å². The largest absolute Gasteiger partial charge is 0.391 e. The van der Waals surface area contributed by atoms with Gasteiger partial charge in [-0.1, -0.05) is 69.6 Å². The molecule has 7 nitrogen and oxygen atoms in total. The fourth-order valence-corrected chi connectivity index (χ4v) is 5.43. The molecule has 0 fully saturated rings. The highest BCUT2D eigenvalue weighted by Gasteiger charge is 2.15. The molecule has 0 saturated carbocycles. The van der Waals surface area contributed by atoms with Gasteiger partial charge in [0.25, 0.3) is 0 Å². The third-order valence-electron chi connectivity index (χ3n) is 7.34. The van der Waals surface area contributed by atoms with Crippen LogP contribution in [0.25, 0.3) is 11.8 Å². The zero-order valence-electron chi connectivity index (χ0n) is 25.5. The first-order valence-electron chi connectivity index (χ1n) is 15.2. The molecule has 0 aliphatic carbocycles. The van der Waals surface area contributed by atoms with Gasteiger partial charge in [-0.3, -0.25) is 4.99 Å². The summed E-state index contributed by atoms with van der Waals surface area (Å²) in [7, 11) is 0. The summed E-state index contributed by atoms with van der Waals surface area (Å²) in [5.74, 6) is 0.282. The lowest BCUT2D eigenvalue weighted by Crippen LogP contribution is -2.30. The first kappa shape index (κ1) is 32.9. The number of hydrazine groups is 1. The van der Waals surface area contributed by atoms with Crippen LogP contribution in [0.4, 0.5) is 5.69 Å². The van der Waals surface area contributed by atoms with E-state index in [0.29, 0.717) is 6.54 Å². The lowest BCUT2D eigenvalue weighted by molar-refractivity contribution is 0.278. The van der Waals surface area contributed by atoms with Gasteiger partial charge in [0.2, 0.25) is 0 Å². The number of allylic oxidation sites excluding steroid dienone is 4. The molecule has 2 heterocycles. The van der Waals surface area contributed by atoms with Crippen LogP contribution in [-0.2, 0) is 0 Å². The smallest absolute Gasteiger partial charge is 0.0838 e. The van der Waals surface area contributed by atoms with Crippen molar-refractivity contribution in [3.63, 3.8) is 0 Å². The SMILES string of the molecule is C=CNNC(=C)C1CCN=C/C(NC(=C)c2ccc3c(c2)NC(=S)CC(CCN(CCC)CCC)=C3)=C\C=C\NCC1. The lowest BCUT2D eigenvalue weighted by atomic mass is 9.98. The minimum absolute atomic E-state index is 0.282. The van der Waals surface area contributed by atoms with E-state index in [-0.39, 0.29) is 5.92 Å². The molecule has 2 aliphatic rings. The summed E-state index contributed by atoms with van der Waals surface area (Å²) in [4.78, 5) is 8.11. The average Bonchev–Trinajstić information content (AvgIpc) is 3.13. The Balaban J connectivity index is 1.68. The summed E-state index contributed by atoms with van der Waals surface area (Å²) in [6.45, 7) is 21.6. The van der Waals surface area contributed by atoms with Gasteiger partial charge < -0.3 is 31.7 Å². The number of benzene rings is 1. The van der Waals surface area contributed by atoms with Gasteiger partial charge in [0, 0.05) is 61.5 Å². The van der Waals surface area contributed by atoms with E-state index in [2.05, 4.69) is 89.6 Å². The van der Waals surface area contributed by atoms with E-state index < -0.39 is 0 Å². The number of hydrogen-bond acceptors (Lipinski definition) is 7. The van der Waals surface area contributed by atoms with E-state index in [0.717, 1.165) is 90.8 Å². The molecule has 1 aromatic carbocycles. The Morgan fingerprint density at radius 2 is 1.98 bits per heavy atom. The molecule has 0 aromatic heterocycles. The van der Waals surface area contributed by atoms with Crippen LogP contribution < -0.4 is 26.8 Å². The van der Waals surface area contributed by atoms with E-state index in [1.54, 1.807) is 6.20 Å². The van der Waals surface area contributed by atoms with Gasteiger partial charge in [-0.2, -0.15) is 0 Å². The third-order valence-corrected chi connectivity index (χ3v) is 7.59. The summed E-state index contributed by atoms with van der Waals surface area (Å²) in [6.07, 6.45) is 17.8. The van der Waals surface area contributed by atoms with Crippen LogP contribution in [0.3, 0.4) is 0 Å². The molecule has 0 spiro atoms. The lowest BCUT2D eigenvalue weighted by Gasteiger charge is -2.21. The summed E-state index contributed by atoms with van der Waals surface area (Å²) in [6, 6.07) is 6.40. The van der Waals surface area contributed by atoms with Crippen molar-refractivity contribution in [1.29, 1.82) is 0 Å². The van der Waals surface area contributed by atoms with Crippen LogP contribution in [0.2, 0.25) is 0 Å². The maximum Gasteiger partial charge on any atom is 0.0838 e. The Labute approximate surface area is 258 Å². The van der Waals surface area contributed by atoms with Crippen LogP contribution in [0.1, 0.15) is 63.5 Å². The number of hydrogen-bond donors (Lipinski definition) is 5. The van der Waals surface area contributed by atoms with Crippen LogP contribution in [0, 0.1) is 5.92 Å². The molecule has 226 valence electrons. The Hall–Kier alpha value is -3.62. The fourth-order valence-electron chi connectivity index (χ4n) is 5.14. The van der Waals surface area contributed by atoms with E-state index in [1.165, 1.54) is 18.4 Å². The number of thiocarbonyl (C=S) groups is 1. The Morgan fingerprint density at radius 1 is 1.17 bits per heavy atom. The number of nitrogens with one attached hydrogen (secondary N) is 5. The molecule has 1 atom stereocenters. The Kier molecular flexibility index (Phi) is 14.1. The normalized spacial score (nSPS) is 19.2. The highest BCUT2D eigenvalue weighted by molar-refractivity contribution is 7.80. The second-order valence-corrected chi connectivity index (χ2v) is 11.3. The van der Waals surface area contributed by atoms with Gasteiger partial charge in [-0.15, -0.1) is 0 Å². The van der Waals surface area contributed by atoms with Gasteiger partial charge in [0.15, 0.2) is 0 Å². The van der Waals surface area contributed by atoms with Crippen molar-refractivity contribution in [2.24, 2.45) is 10.9 Å². The zero-order chi connectivity index (χ0) is 30.2. The molecule has 1 unspecified atom stereocenters. The maximum absolute atomic E-state index is 5.72. The third kappa shape index (κ3) is 11.0. The maximum atomic E-state index is 5.72. The van der Waals surface area contributed by atoms with Gasteiger partial charge in [-0.25, -0.2) is 0 Å². The minimum Gasteiger partial charge on any atom is -0.391 e. The van der Waals surface area contributed by atoms with E-state index in [9.17, 15) is 0 Å². The van der Waals surface area contributed by atoms with Crippen LogP contribution in [-0.4, -0.2) is 48.8 Å². The summed E-state index contributed by atoms with van der Waals surface area (Å²) >= 11 is 5.72. The Bertz CT molecular complexity index is 1200. The predicted molar refractivity (Wildman–Crippen MR) is 186 cm³/mol. The van der Waals surface area contributed by atoms with Crippen LogP contribution in [0.15, 0.2) is 84.4 Å². The van der Waals surface area contributed by atoms with Crippen molar-refractivity contribution in [1.82, 2.24) is 26.4 Å². The molecular formula is C34H49N7S. The summed E-state index contributed by atoms with van der Waals surface area (Å²) in [5.41, 5.74) is 13.2. The average molecular weight is 588 g/mol. The monoisotopic (exact) mass is 587 g/mol. The highest BCUT2D eigenvalue weighted by atomic mass is 32.1. The molecule has 0 saturated heterocycles. The molecule has 0 bridgehead atoms. The quantitative estimate of drug-likeness (QED) is 0.126. The number of rotatable bonds is 14. The Morgan fingerprint density at radius 3 is 2.74 bits per heavy atom. The number of aliphatic imine (C=N–C) groups is 1. The second kappa shape index (κ2) is 18.0. The van der Waals surface area contributed by atoms with Crippen molar-refractivity contribution >= 4 is 40.9 Å². The topological polar surface area (TPSA) is 75.8 Å². The number of fused-ring (bicyclic) bond motifs is 1. The van der Waals surface area contributed by atoms with E-state index in [1.807, 2.05) is 24.6 Å². The van der Waals surface area contributed by atoms with Gasteiger partial charge in [-0.05, 0) is 80.7 Å². The van der Waals surface area contributed by atoms with Crippen molar-refractivity contribution in [2.45, 2.75) is 52.4 Å². The van der Waals surface area contributed by atoms with E-state index in [4.69, 9.17) is 17.2 Å². The molecule has 0 amide bonds. The summed E-state index contributed by atoms with van der Waals surface area (Å²) in [5, 5.41) is 10.3. The van der Waals surface area contributed by atoms with E-state index >= 15 is 0 Å². The van der Waals surface area contributed by atoms with Crippen molar-refractivity contribution < 1.29 is 0 Å². The first-order chi connectivity index (χ1) is 20.4. The van der Waals surface area contributed by atoms with Crippen LogP contribution in [0.5, 0.6) is 0 Å². The molecule has 3 rings (SSSR count). The van der Waals surface area contributed by atoms with Gasteiger partial charge in [0.05, 0.1) is 10.7 Å². The molecule has 0 radical (unpaired) electrons. The zero-order valence-corrected chi connectivity index (χ0v) is 26.3. The minimum atomic E-state index is 0.282. The van der Waals surface area contributed by atoms with Crippen molar-refractivity contribution in [2.75, 3.05) is 38.0 Å². The second-order valence-electron chi connectivity index (χ2n) is 10.8. The molecular weight excluding hydrogens is 538 g/mol. The molecule has 5 N–H and O–H groups in total. The number of nitrogens with zero attached hydrogens (tertiary/aromatic N) is 2. The predicted octanol–water partition coefficient (Wildman–Crippen LogP) is 6.50. The van der Waals surface area contributed by atoms with Gasteiger partial charge >= 0.3 is 0 Å². The van der Waals surface area contributed by atoms with Crippen molar-refractivity contribution in [3.05, 3.63) is 90.6 Å². The highest BCUT2D eigenvalue weighted by Crippen LogP contribution is 2.29. The molecule has 42 heavy (non-hydrogen) atoms. The van der Waals surface area contributed by atoms with Gasteiger partial charge in [0.1, 0.15) is 0 Å². The molecule has 1 aromatic rings. The molecule has 8 heteroatoms. The number of anilines is 1. The summed E-state index contributed by atoms with van der Waals surface area (Å²) < 4.78 is 0. The fraction of sp³-hybridized carbons (Fsp3) is 0.412. The first-order valence-corrected chi connectivity index (χ1v) is 15.6. The van der Waals surface area contributed by atoms with Crippen LogP contribution >= 0.6 is 12.2 Å². The standard InChI is InChI=1S/C34H49N7S/c1-6-19-41(20-7-2)21-15-28-22-31-12-11-30(24-33(31)39-34(42)23-28)26(4)38-32-10-9-16-35-17-13-29(14-18-36-25-32)27(5)40-37-8-3/h8-12,16,22,24-25,29,35,37-38,40H,3-7,13-15,17-21,23H2,1-2H3,(H,39,42)/b16-9+,32-10+,36-25?. The molecule has 2 aliphatic heterocycles.